The molecule has 0 bridgehead atoms. The molecule has 0 aliphatic rings. The molecule has 4 rings (SSSR count). The molecule has 0 saturated heterocycles. The highest BCUT2D eigenvalue weighted by atomic mass is 28.3. The highest BCUT2D eigenvalue weighted by molar-refractivity contribution is 6.76. The lowest BCUT2D eigenvalue weighted by atomic mass is 10.1. The average Bonchev–Trinajstić information content (AvgIpc) is 3.29. The van der Waals surface area contributed by atoms with Crippen LogP contribution in [-0.2, 0) is 16.3 Å². The predicted molar refractivity (Wildman–Crippen MR) is 161 cm³/mol. The smallest absolute Gasteiger partial charge is 0.247 e. The molecule has 0 fully saturated rings. The van der Waals surface area contributed by atoms with Gasteiger partial charge in [0.05, 0.1) is 24.4 Å². The molecule has 1 amide bonds. The van der Waals surface area contributed by atoms with E-state index in [0.29, 0.717) is 41.4 Å². The van der Waals surface area contributed by atoms with Crippen LogP contribution < -0.4 is 15.4 Å². The van der Waals surface area contributed by atoms with Crippen molar-refractivity contribution in [2.24, 2.45) is 0 Å². The minimum absolute atomic E-state index is 0.248. The van der Waals surface area contributed by atoms with Crippen molar-refractivity contribution >= 4 is 36.5 Å². The van der Waals surface area contributed by atoms with Crippen molar-refractivity contribution < 1.29 is 18.7 Å². The zero-order valence-electron chi connectivity index (χ0n) is 23.4. The number of ether oxygens (including phenoxy) is 2. The van der Waals surface area contributed by atoms with Gasteiger partial charge in [-0.05, 0) is 41.9 Å². The van der Waals surface area contributed by atoms with Gasteiger partial charge in [-0.1, -0.05) is 38.4 Å². The monoisotopic (exact) mass is 572 g/mol. The first kappa shape index (κ1) is 29.4. The Morgan fingerprint density at radius 2 is 2.07 bits per heavy atom. The Labute approximate surface area is 239 Å². The molecule has 2 aromatic carbocycles. The summed E-state index contributed by atoms with van der Waals surface area (Å²) in [5, 5.41) is 14.5. The van der Waals surface area contributed by atoms with Crippen LogP contribution in [0.3, 0.4) is 0 Å². The van der Waals surface area contributed by atoms with Crippen LogP contribution in [0.5, 0.6) is 11.6 Å². The molecule has 0 spiro atoms. The number of fused-ring (bicyclic) bond motifs is 1. The second-order valence-electron chi connectivity index (χ2n) is 10.6. The molecule has 2 N–H and O–H groups in total. The Hall–Kier alpha value is -4.53. The van der Waals surface area contributed by atoms with Gasteiger partial charge < -0.3 is 24.7 Å². The molecule has 2 heterocycles. The largest absolute Gasteiger partial charge is 0.437 e. The first-order chi connectivity index (χ1) is 19.7. The summed E-state index contributed by atoms with van der Waals surface area (Å²) in [6.07, 6.45) is 4.86. The van der Waals surface area contributed by atoms with E-state index < -0.39 is 13.9 Å². The number of amides is 1. The number of hydrogen-bond donors (Lipinski definition) is 2. The van der Waals surface area contributed by atoms with Gasteiger partial charge in [-0.2, -0.15) is 5.26 Å². The number of aromatic nitrogens is 3. The Morgan fingerprint density at radius 3 is 2.83 bits per heavy atom. The molecule has 11 heteroatoms. The normalized spacial score (nSPS) is 11.2. The summed E-state index contributed by atoms with van der Waals surface area (Å²) >= 11 is 0. The fourth-order valence-electron chi connectivity index (χ4n) is 3.97. The van der Waals surface area contributed by atoms with Crippen molar-refractivity contribution in [2.75, 3.05) is 23.8 Å². The topological polar surface area (TPSA) is 114 Å². The van der Waals surface area contributed by atoms with E-state index in [1.54, 1.807) is 36.4 Å². The summed E-state index contributed by atoms with van der Waals surface area (Å²) < 4.78 is 28.4. The number of anilines is 2. The van der Waals surface area contributed by atoms with Crippen molar-refractivity contribution in [2.45, 2.75) is 38.8 Å². The fraction of sp³-hybridized carbons (Fsp3) is 0.267. The minimum atomic E-state index is -1.25. The van der Waals surface area contributed by atoms with Crippen LogP contribution in [0.25, 0.3) is 22.3 Å². The average molecular weight is 573 g/mol. The number of carbonyl (C=O) groups is 1. The van der Waals surface area contributed by atoms with Gasteiger partial charge in [0.25, 0.3) is 0 Å². The van der Waals surface area contributed by atoms with Crippen LogP contribution in [0.4, 0.5) is 15.8 Å². The van der Waals surface area contributed by atoms with Gasteiger partial charge in [0, 0.05) is 44.7 Å². The molecule has 2 aromatic heterocycles. The first-order valence-electron chi connectivity index (χ1n) is 13.2. The van der Waals surface area contributed by atoms with Crippen molar-refractivity contribution in [1.82, 2.24) is 14.5 Å². The summed E-state index contributed by atoms with van der Waals surface area (Å²) in [6.45, 7) is 11.6. The SMILES string of the molecule is C=CC(=O)Nc1cccc(Oc2cnc3c(n2)c(-c2ccc(F)c(NCCC#N)c2)cn3COCC[Si](C)(C)C)c1. The van der Waals surface area contributed by atoms with E-state index in [0.717, 1.165) is 17.2 Å². The molecule has 9 nitrogen and oxygen atoms in total. The van der Waals surface area contributed by atoms with Crippen LogP contribution >= 0.6 is 0 Å². The van der Waals surface area contributed by atoms with Crippen molar-refractivity contribution in [3.63, 3.8) is 0 Å². The second-order valence-corrected chi connectivity index (χ2v) is 16.2. The molecule has 0 atom stereocenters. The van der Waals surface area contributed by atoms with Crippen molar-refractivity contribution in [3.05, 3.63) is 73.3 Å². The van der Waals surface area contributed by atoms with Crippen molar-refractivity contribution in [1.29, 1.82) is 5.26 Å². The molecule has 212 valence electrons. The lowest BCUT2D eigenvalue weighted by molar-refractivity contribution is -0.111. The van der Waals surface area contributed by atoms with Gasteiger partial charge in [-0.3, -0.25) is 4.79 Å². The van der Waals surface area contributed by atoms with E-state index in [9.17, 15) is 9.18 Å². The number of nitrogens with one attached hydrogen (secondary N) is 2. The highest BCUT2D eigenvalue weighted by Gasteiger charge is 2.18. The number of benzene rings is 2. The standard InChI is InChI=1S/C30H33FN6O3Si/c1-5-27(38)35-22-8-6-9-23(17-22)40-28-18-34-30-29(36-28)24(19-37(30)20-39-14-15-41(2,3)4)21-10-11-25(31)26(16-21)33-13-7-12-32/h5-6,8-11,16-19,33H,1,7,13-15,20H2,2-4H3,(H,35,38). The Bertz CT molecular complexity index is 1590. The highest BCUT2D eigenvalue weighted by Crippen LogP contribution is 2.33. The molecule has 0 aliphatic heterocycles. The molecule has 4 aromatic rings. The molecular formula is C30H33FN6O3Si. The fourth-order valence-corrected chi connectivity index (χ4v) is 4.73. The quantitative estimate of drug-likeness (QED) is 0.103. The number of hydrogen-bond acceptors (Lipinski definition) is 7. The van der Waals surface area contributed by atoms with Crippen LogP contribution in [0.15, 0.2) is 67.5 Å². The van der Waals surface area contributed by atoms with Gasteiger partial charge in [-0.25, -0.2) is 14.4 Å². The summed E-state index contributed by atoms with van der Waals surface area (Å²) in [4.78, 5) is 21.1. The molecule has 0 aliphatic carbocycles. The third kappa shape index (κ3) is 8.00. The number of rotatable bonds is 13. The Balaban J connectivity index is 1.68. The van der Waals surface area contributed by atoms with Gasteiger partial charge in [-0.15, -0.1) is 0 Å². The van der Waals surface area contributed by atoms with Gasteiger partial charge in [0.2, 0.25) is 11.8 Å². The number of nitriles is 1. The van der Waals surface area contributed by atoms with Crippen LogP contribution in [-0.4, -0.2) is 41.7 Å². The van der Waals surface area contributed by atoms with Gasteiger partial charge in [0.15, 0.2) is 5.65 Å². The maximum atomic E-state index is 14.5. The van der Waals surface area contributed by atoms with Crippen molar-refractivity contribution in [3.8, 4) is 28.8 Å². The second kappa shape index (κ2) is 13.2. The zero-order valence-corrected chi connectivity index (χ0v) is 24.4. The van der Waals surface area contributed by atoms with Crippen LogP contribution in [0, 0.1) is 17.1 Å². The molecule has 0 radical (unpaired) electrons. The summed E-state index contributed by atoms with van der Waals surface area (Å²) in [5.41, 5.74) is 3.44. The summed E-state index contributed by atoms with van der Waals surface area (Å²) in [5.74, 6) is -0.0365. The maximum Gasteiger partial charge on any atom is 0.247 e. The lowest BCUT2D eigenvalue weighted by Crippen LogP contribution is -2.22. The van der Waals surface area contributed by atoms with E-state index >= 15 is 0 Å². The van der Waals surface area contributed by atoms with Gasteiger partial charge >= 0.3 is 0 Å². The van der Waals surface area contributed by atoms with E-state index in [4.69, 9.17) is 19.7 Å². The number of halogens is 1. The van der Waals surface area contributed by atoms with E-state index in [1.165, 1.54) is 18.3 Å². The van der Waals surface area contributed by atoms with E-state index in [-0.39, 0.29) is 24.9 Å². The molecule has 0 saturated carbocycles. The molecule has 0 unspecified atom stereocenters. The molecule has 41 heavy (non-hydrogen) atoms. The van der Waals surface area contributed by atoms with Crippen LogP contribution in [0.1, 0.15) is 6.42 Å². The third-order valence-electron chi connectivity index (χ3n) is 6.11. The Kier molecular flexibility index (Phi) is 9.49. The minimum Gasteiger partial charge on any atom is -0.437 e. The maximum absolute atomic E-state index is 14.5. The van der Waals surface area contributed by atoms with E-state index in [1.807, 2.05) is 16.8 Å². The zero-order chi connectivity index (χ0) is 29.4. The lowest BCUT2D eigenvalue weighted by Gasteiger charge is -2.15. The number of nitrogens with zero attached hydrogens (tertiary/aromatic N) is 4. The van der Waals surface area contributed by atoms with Crippen LogP contribution in [0.2, 0.25) is 25.7 Å². The predicted octanol–water partition coefficient (Wildman–Crippen LogP) is 6.79. The third-order valence-corrected chi connectivity index (χ3v) is 7.81. The molecular weight excluding hydrogens is 539 g/mol. The summed E-state index contributed by atoms with van der Waals surface area (Å²) in [7, 11) is -1.25. The van der Waals surface area contributed by atoms with Gasteiger partial charge in [0.1, 0.15) is 23.8 Å². The Morgan fingerprint density at radius 1 is 1.24 bits per heavy atom. The number of carbonyl (C=O) groups excluding carboxylic acids is 1. The van der Waals surface area contributed by atoms with E-state index in [2.05, 4.69) is 41.8 Å². The summed E-state index contributed by atoms with van der Waals surface area (Å²) in [6, 6.07) is 14.7. The first-order valence-corrected chi connectivity index (χ1v) is 16.9.